The van der Waals surface area contributed by atoms with Gasteiger partial charge in [0, 0.05) is 11.6 Å². The van der Waals surface area contributed by atoms with Gasteiger partial charge in [-0.25, -0.2) is 4.79 Å². The topological polar surface area (TPSA) is 72.5 Å². The van der Waals surface area contributed by atoms with Gasteiger partial charge in [0.25, 0.3) is 0 Å². The molecule has 94 valence electrons. The standard InChI is InChI=1S/C13H19NO3/c1-3-6-12(13(15)16)17-11-8-5-4-7-10(11)9(2)14/h4-5,7-9,12H,3,6,14H2,1-2H3,(H,15,16)/t9-,12?/m0/s1. The summed E-state index contributed by atoms with van der Waals surface area (Å²) in [6, 6.07) is 7.10. The first kappa shape index (κ1) is 13.5. The SMILES string of the molecule is CCCC(Oc1ccccc1[C@H](C)N)C(=O)O. The van der Waals surface area contributed by atoms with Gasteiger partial charge in [0.2, 0.25) is 0 Å². The van der Waals surface area contributed by atoms with Gasteiger partial charge in [0.05, 0.1) is 0 Å². The first-order valence-electron chi connectivity index (χ1n) is 5.80. The highest BCUT2D eigenvalue weighted by Gasteiger charge is 2.20. The van der Waals surface area contributed by atoms with Crippen molar-refractivity contribution in [3.05, 3.63) is 29.8 Å². The molecule has 4 nitrogen and oxygen atoms in total. The van der Waals surface area contributed by atoms with Gasteiger partial charge in [0.1, 0.15) is 5.75 Å². The number of carboxylic acids is 1. The Morgan fingerprint density at radius 1 is 1.47 bits per heavy atom. The van der Waals surface area contributed by atoms with Crippen molar-refractivity contribution in [1.82, 2.24) is 0 Å². The predicted octanol–water partition coefficient (Wildman–Crippen LogP) is 2.34. The van der Waals surface area contributed by atoms with E-state index in [1.165, 1.54) is 0 Å². The van der Waals surface area contributed by atoms with Gasteiger partial charge in [-0.3, -0.25) is 0 Å². The van der Waals surface area contributed by atoms with E-state index in [0.717, 1.165) is 12.0 Å². The molecule has 1 rings (SSSR count). The largest absolute Gasteiger partial charge is 0.479 e. The van der Waals surface area contributed by atoms with Crippen molar-refractivity contribution in [2.45, 2.75) is 38.8 Å². The summed E-state index contributed by atoms with van der Waals surface area (Å²) < 4.78 is 5.53. The highest BCUT2D eigenvalue weighted by Crippen LogP contribution is 2.25. The first-order chi connectivity index (χ1) is 8.06. The van der Waals surface area contributed by atoms with Crippen LogP contribution in [-0.4, -0.2) is 17.2 Å². The molecule has 1 unspecified atom stereocenters. The number of para-hydroxylation sites is 1. The van der Waals surface area contributed by atoms with Crippen molar-refractivity contribution in [1.29, 1.82) is 0 Å². The van der Waals surface area contributed by atoms with Crippen LogP contribution in [0.1, 0.15) is 38.3 Å². The molecule has 0 bridgehead atoms. The average Bonchev–Trinajstić information content (AvgIpc) is 2.28. The van der Waals surface area contributed by atoms with Crippen molar-refractivity contribution < 1.29 is 14.6 Å². The minimum absolute atomic E-state index is 0.178. The third-order valence-corrected chi connectivity index (χ3v) is 2.51. The summed E-state index contributed by atoms with van der Waals surface area (Å²) in [6.45, 7) is 3.77. The summed E-state index contributed by atoms with van der Waals surface area (Å²) in [5.41, 5.74) is 6.64. The van der Waals surface area contributed by atoms with Gasteiger partial charge in [-0.05, 0) is 19.4 Å². The highest BCUT2D eigenvalue weighted by molar-refractivity contribution is 5.72. The van der Waals surface area contributed by atoms with Crippen LogP contribution in [0.3, 0.4) is 0 Å². The number of carboxylic acid groups (broad SMARTS) is 1. The van der Waals surface area contributed by atoms with Gasteiger partial charge in [-0.1, -0.05) is 31.5 Å². The monoisotopic (exact) mass is 237 g/mol. The fourth-order valence-corrected chi connectivity index (χ4v) is 1.61. The molecule has 0 radical (unpaired) electrons. The van der Waals surface area contributed by atoms with Crippen LogP contribution in [0.15, 0.2) is 24.3 Å². The molecule has 2 atom stereocenters. The van der Waals surface area contributed by atoms with E-state index in [1.54, 1.807) is 6.07 Å². The Morgan fingerprint density at radius 3 is 2.65 bits per heavy atom. The number of rotatable bonds is 6. The zero-order valence-corrected chi connectivity index (χ0v) is 10.2. The molecule has 0 heterocycles. The Labute approximate surface area is 101 Å². The molecule has 17 heavy (non-hydrogen) atoms. The molecule has 0 aliphatic rings. The van der Waals surface area contributed by atoms with E-state index >= 15 is 0 Å². The zero-order valence-electron chi connectivity index (χ0n) is 10.2. The summed E-state index contributed by atoms with van der Waals surface area (Å²) >= 11 is 0. The zero-order chi connectivity index (χ0) is 12.8. The van der Waals surface area contributed by atoms with Gasteiger partial charge in [-0.15, -0.1) is 0 Å². The summed E-state index contributed by atoms with van der Waals surface area (Å²) in [5.74, 6) is -0.380. The summed E-state index contributed by atoms with van der Waals surface area (Å²) in [5, 5.41) is 9.04. The molecule has 0 fully saturated rings. The van der Waals surface area contributed by atoms with Crippen LogP contribution >= 0.6 is 0 Å². The number of hydrogen-bond donors (Lipinski definition) is 2. The average molecular weight is 237 g/mol. The molecule has 0 aliphatic heterocycles. The lowest BCUT2D eigenvalue weighted by Gasteiger charge is -2.18. The first-order valence-corrected chi connectivity index (χ1v) is 5.80. The fourth-order valence-electron chi connectivity index (χ4n) is 1.61. The van der Waals surface area contributed by atoms with Crippen molar-refractivity contribution in [2.75, 3.05) is 0 Å². The van der Waals surface area contributed by atoms with Crippen LogP contribution in [0.4, 0.5) is 0 Å². The van der Waals surface area contributed by atoms with E-state index < -0.39 is 12.1 Å². The van der Waals surface area contributed by atoms with Crippen LogP contribution in [0.25, 0.3) is 0 Å². The molecule has 0 aromatic heterocycles. The van der Waals surface area contributed by atoms with E-state index in [4.69, 9.17) is 15.6 Å². The maximum atomic E-state index is 11.0. The second kappa shape index (κ2) is 6.25. The van der Waals surface area contributed by atoms with E-state index in [0.29, 0.717) is 12.2 Å². The highest BCUT2D eigenvalue weighted by atomic mass is 16.5. The molecular weight excluding hydrogens is 218 g/mol. The van der Waals surface area contributed by atoms with E-state index in [2.05, 4.69) is 0 Å². The summed E-state index contributed by atoms with van der Waals surface area (Å²) in [4.78, 5) is 11.0. The van der Waals surface area contributed by atoms with Crippen molar-refractivity contribution in [2.24, 2.45) is 5.73 Å². The Bertz CT molecular complexity index is 377. The molecule has 0 saturated heterocycles. The van der Waals surface area contributed by atoms with Crippen LogP contribution in [-0.2, 0) is 4.79 Å². The Hall–Kier alpha value is -1.55. The Morgan fingerprint density at radius 2 is 2.12 bits per heavy atom. The molecule has 0 aliphatic carbocycles. The number of ether oxygens (including phenoxy) is 1. The van der Waals surface area contributed by atoms with Crippen molar-refractivity contribution in [3.8, 4) is 5.75 Å². The second-order valence-corrected chi connectivity index (χ2v) is 4.06. The minimum Gasteiger partial charge on any atom is -0.479 e. The molecule has 1 aromatic rings. The number of benzene rings is 1. The van der Waals surface area contributed by atoms with Gasteiger partial charge >= 0.3 is 5.97 Å². The lowest BCUT2D eigenvalue weighted by Crippen LogP contribution is -2.27. The second-order valence-electron chi connectivity index (χ2n) is 4.06. The molecule has 0 saturated carbocycles. The quantitative estimate of drug-likeness (QED) is 0.796. The van der Waals surface area contributed by atoms with Crippen LogP contribution in [0.5, 0.6) is 5.75 Å². The lowest BCUT2D eigenvalue weighted by molar-refractivity contribution is -0.145. The number of aliphatic carboxylic acids is 1. The molecule has 3 N–H and O–H groups in total. The van der Waals surface area contributed by atoms with Crippen molar-refractivity contribution in [3.63, 3.8) is 0 Å². The molecular formula is C13H19NO3. The normalized spacial score (nSPS) is 14.1. The van der Waals surface area contributed by atoms with E-state index in [-0.39, 0.29) is 6.04 Å². The number of carbonyl (C=O) groups is 1. The van der Waals surface area contributed by atoms with Gasteiger partial charge < -0.3 is 15.6 Å². The van der Waals surface area contributed by atoms with Gasteiger partial charge in [-0.2, -0.15) is 0 Å². The third-order valence-electron chi connectivity index (χ3n) is 2.51. The summed E-state index contributed by atoms with van der Waals surface area (Å²) in [6.07, 6.45) is 0.444. The molecule has 0 spiro atoms. The molecule has 1 aromatic carbocycles. The van der Waals surface area contributed by atoms with Crippen LogP contribution in [0.2, 0.25) is 0 Å². The van der Waals surface area contributed by atoms with E-state index in [9.17, 15) is 4.79 Å². The fraction of sp³-hybridized carbons (Fsp3) is 0.462. The van der Waals surface area contributed by atoms with Crippen LogP contribution in [0, 0.1) is 0 Å². The number of hydrogen-bond acceptors (Lipinski definition) is 3. The molecule has 4 heteroatoms. The Kier molecular flexibility index (Phi) is 4.97. The van der Waals surface area contributed by atoms with E-state index in [1.807, 2.05) is 32.0 Å². The third kappa shape index (κ3) is 3.75. The molecule has 0 amide bonds. The Balaban J connectivity index is 2.88. The number of nitrogens with two attached hydrogens (primary N) is 1. The maximum absolute atomic E-state index is 11.0. The van der Waals surface area contributed by atoms with Crippen LogP contribution < -0.4 is 10.5 Å². The predicted molar refractivity (Wildman–Crippen MR) is 66.0 cm³/mol. The van der Waals surface area contributed by atoms with Crippen molar-refractivity contribution >= 4 is 5.97 Å². The minimum atomic E-state index is -0.939. The maximum Gasteiger partial charge on any atom is 0.344 e. The smallest absolute Gasteiger partial charge is 0.344 e. The lowest BCUT2D eigenvalue weighted by atomic mass is 10.1. The van der Waals surface area contributed by atoms with Gasteiger partial charge in [0.15, 0.2) is 6.10 Å². The summed E-state index contributed by atoms with van der Waals surface area (Å²) in [7, 11) is 0.